The first kappa shape index (κ1) is 38.8. The van der Waals surface area contributed by atoms with Crippen LogP contribution in [0.3, 0.4) is 0 Å². The summed E-state index contributed by atoms with van der Waals surface area (Å²) in [5, 5.41) is 1.47. The molecule has 1 spiro atoms. The predicted molar refractivity (Wildman–Crippen MR) is 272 cm³/mol. The summed E-state index contributed by atoms with van der Waals surface area (Å²) in [4.78, 5) is 15.5. The van der Waals surface area contributed by atoms with Gasteiger partial charge in [0.2, 0.25) is 0 Å². The molecule has 1 heterocycles. The van der Waals surface area contributed by atoms with Gasteiger partial charge in [0.25, 0.3) is 0 Å². The van der Waals surface area contributed by atoms with Crippen molar-refractivity contribution in [3.63, 3.8) is 0 Å². The van der Waals surface area contributed by atoms with Gasteiger partial charge in [-0.05, 0) is 96.1 Å². The predicted octanol–water partition coefficient (Wildman–Crippen LogP) is 14.8. The molecule has 3 nitrogen and oxygen atoms in total. The Labute approximate surface area is 381 Å². The van der Waals surface area contributed by atoms with Gasteiger partial charge in [-0.25, -0.2) is 15.0 Å². The highest BCUT2D eigenvalue weighted by Gasteiger charge is 2.51. The monoisotopic (exact) mass is 847 g/mol. The highest BCUT2D eigenvalue weighted by atomic mass is 28.3. The Morgan fingerprint density at radius 2 is 0.692 bits per heavy atom. The van der Waals surface area contributed by atoms with Gasteiger partial charge < -0.3 is 0 Å². The average Bonchev–Trinajstić information content (AvgIpc) is 3.83. The first-order valence-corrected chi connectivity index (χ1v) is 26.0. The number of benzene rings is 9. The lowest BCUT2D eigenvalue weighted by atomic mass is 9.70. The van der Waals surface area contributed by atoms with Crippen LogP contribution in [-0.4, -0.2) is 23.0 Å². The van der Waals surface area contributed by atoms with Crippen LogP contribution >= 0.6 is 0 Å². The minimum atomic E-state index is -1.44. The zero-order valence-electron chi connectivity index (χ0n) is 36.6. The molecular weight excluding hydrogens is 803 g/mol. The van der Waals surface area contributed by atoms with Crippen molar-refractivity contribution in [2.24, 2.45) is 0 Å². The Bertz CT molecular complexity index is 3410. The molecule has 0 amide bonds. The van der Waals surface area contributed by atoms with Crippen LogP contribution in [0.2, 0.25) is 19.6 Å². The fourth-order valence-electron chi connectivity index (χ4n) is 10.4. The van der Waals surface area contributed by atoms with Gasteiger partial charge in [0.05, 0.1) is 13.5 Å². The number of rotatable bonds is 7. The maximum Gasteiger partial charge on any atom is 0.164 e. The van der Waals surface area contributed by atoms with Gasteiger partial charge in [0, 0.05) is 16.7 Å². The van der Waals surface area contributed by atoms with E-state index in [-0.39, 0.29) is 0 Å². The fourth-order valence-corrected chi connectivity index (χ4v) is 11.6. The van der Waals surface area contributed by atoms with E-state index in [1.807, 2.05) is 24.3 Å². The summed E-state index contributed by atoms with van der Waals surface area (Å²) < 4.78 is 0. The second kappa shape index (κ2) is 15.2. The number of nitrogens with zero attached hydrogens (tertiary/aromatic N) is 3. The van der Waals surface area contributed by atoms with Crippen LogP contribution in [0.1, 0.15) is 22.3 Å². The van der Waals surface area contributed by atoms with Crippen molar-refractivity contribution in [2.45, 2.75) is 25.1 Å². The molecule has 9 aromatic carbocycles. The van der Waals surface area contributed by atoms with Crippen molar-refractivity contribution in [3.8, 4) is 89.8 Å². The SMILES string of the molecule is C[Si](C)(C)c1ccc(-c2ccc3c(c2)C2(c4ccccc4-c4ccccc42)c2cc(-c4cccc(-c5nc(-c6ccccc6)nc(-c6ccccc6-c6ccccc6)n5)c4)ccc2-3)cc1. The van der Waals surface area contributed by atoms with E-state index in [2.05, 4.69) is 214 Å². The first-order valence-electron chi connectivity index (χ1n) is 22.5. The number of hydrogen-bond donors (Lipinski definition) is 0. The van der Waals surface area contributed by atoms with Crippen LogP contribution in [0, 0.1) is 0 Å². The van der Waals surface area contributed by atoms with Crippen molar-refractivity contribution in [1.82, 2.24) is 15.0 Å². The smallest absolute Gasteiger partial charge is 0.164 e. The maximum atomic E-state index is 5.24. The summed E-state index contributed by atoms with van der Waals surface area (Å²) in [6, 6.07) is 79.5. The molecule has 0 aliphatic heterocycles. The summed E-state index contributed by atoms with van der Waals surface area (Å²) in [7, 11) is -1.44. The maximum absolute atomic E-state index is 5.24. The molecular formula is C61H45N3Si. The molecule has 1 aromatic heterocycles. The van der Waals surface area contributed by atoms with Crippen LogP contribution in [0.25, 0.3) is 89.8 Å². The van der Waals surface area contributed by atoms with E-state index in [9.17, 15) is 0 Å². The summed E-state index contributed by atoms with van der Waals surface area (Å²) in [6.45, 7) is 7.24. The quantitative estimate of drug-likeness (QED) is 0.150. The Kier molecular flexibility index (Phi) is 9.08. The van der Waals surface area contributed by atoms with Crippen LogP contribution < -0.4 is 5.19 Å². The first-order chi connectivity index (χ1) is 31.8. The zero-order chi connectivity index (χ0) is 43.7. The van der Waals surface area contributed by atoms with Crippen molar-refractivity contribution in [1.29, 1.82) is 0 Å². The summed E-state index contributed by atoms with van der Waals surface area (Å²) in [6.07, 6.45) is 0. The average molecular weight is 848 g/mol. The van der Waals surface area contributed by atoms with Gasteiger partial charge in [-0.1, -0.05) is 225 Å². The molecule has 308 valence electrons. The van der Waals surface area contributed by atoms with E-state index in [1.54, 1.807) is 0 Å². The van der Waals surface area contributed by atoms with Crippen molar-refractivity contribution in [2.75, 3.05) is 0 Å². The molecule has 0 fully saturated rings. The molecule has 0 saturated carbocycles. The summed E-state index contributed by atoms with van der Waals surface area (Å²) >= 11 is 0. The largest absolute Gasteiger partial charge is 0.208 e. The molecule has 0 atom stereocenters. The van der Waals surface area contributed by atoms with E-state index in [0.29, 0.717) is 17.5 Å². The second-order valence-corrected chi connectivity index (χ2v) is 23.4. The number of hydrogen-bond acceptors (Lipinski definition) is 3. The molecule has 0 unspecified atom stereocenters. The van der Waals surface area contributed by atoms with Gasteiger partial charge in [0.1, 0.15) is 0 Å². The molecule has 0 N–H and O–H groups in total. The second-order valence-electron chi connectivity index (χ2n) is 18.4. The fraction of sp³-hybridized carbons (Fsp3) is 0.0656. The molecule has 2 aliphatic carbocycles. The zero-order valence-corrected chi connectivity index (χ0v) is 37.6. The summed E-state index contributed by atoms with van der Waals surface area (Å²) in [5.74, 6) is 1.91. The highest BCUT2D eigenvalue weighted by molar-refractivity contribution is 6.88. The van der Waals surface area contributed by atoms with E-state index in [0.717, 1.165) is 38.9 Å². The van der Waals surface area contributed by atoms with E-state index < -0.39 is 13.5 Å². The Balaban J connectivity index is 1.02. The Hall–Kier alpha value is -7.79. The molecule has 0 bridgehead atoms. The van der Waals surface area contributed by atoms with Crippen molar-refractivity contribution < 1.29 is 0 Å². The lowest BCUT2D eigenvalue weighted by Gasteiger charge is -2.31. The lowest BCUT2D eigenvalue weighted by molar-refractivity contribution is 0.794. The van der Waals surface area contributed by atoms with Gasteiger partial charge in [-0.2, -0.15) is 0 Å². The Morgan fingerprint density at radius 3 is 1.29 bits per heavy atom. The Morgan fingerprint density at radius 1 is 0.277 bits per heavy atom. The third-order valence-electron chi connectivity index (χ3n) is 13.5. The molecule has 0 radical (unpaired) electrons. The van der Waals surface area contributed by atoms with E-state index in [1.165, 1.54) is 60.8 Å². The number of aromatic nitrogens is 3. The minimum Gasteiger partial charge on any atom is -0.208 e. The molecule has 2 aliphatic rings. The molecule has 12 rings (SSSR count). The van der Waals surface area contributed by atoms with Crippen molar-refractivity contribution >= 4 is 13.3 Å². The molecule has 10 aromatic rings. The van der Waals surface area contributed by atoms with Gasteiger partial charge in [0.15, 0.2) is 17.5 Å². The third kappa shape index (κ3) is 6.36. The standard InChI is InChI=1S/C61H45N3Si/c1-65(2,3)47-33-29-40(30-34-47)44-31-35-51-52-36-32-45(39-57(52)61(56(51)38-44)54-27-14-12-24-49(54)50-25-13-15-28-55(50)61)43-21-16-22-46(37-43)59-62-58(42-19-8-5-9-20-42)63-60(64-59)53-26-11-10-23-48(53)41-17-6-4-7-18-41/h4-39H,1-3H3. The van der Waals surface area contributed by atoms with Gasteiger partial charge >= 0.3 is 0 Å². The van der Waals surface area contributed by atoms with Crippen LogP contribution in [-0.2, 0) is 5.41 Å². The van der Waals surface area contributed by atoms with Crippen molar-refractivity contribution in [3.05, 3.63) is 241 Å². The molecule has 0 saturated heterocycles. The van der Waals surface area contributed by atoms with Crippen LogP contribution in [0.5, 0.6) is 0 Å². The van der Waals surface area contributed by atoms with E-state index >= 15 is 0 Å². The highest BCUT2D eigenvalue weighted by Crippen LogP contribution is 2.63. The van der Waals surface area contributed by atoms with Crippen LogP contribution in [0.4, 0.5) is 0 Å². The number of fused-ring (bicyclic) bond motifs is 10. The minimum absolute atomic E-state index is 0.487. The third-order valence-corrected chi connectivity index (χ3v) is 15.6. The van der Waals surface area contributed by atoms with Gasteiger partial charge in [-0.3, -0.25) is 0 Å². The van der Waals surface area contributed by atoms with Gasteiger partial charge in [-0.15, -0.1) is 0 Å². The molecule has 65 heavy (non-hydrogen) atoms. The topological polar surface area (TPSA) is 38.7 Å². The molecule has 4 heteroatoms. The van der Waals surface area contributed by atoms with E-state index in [4.69, 9.17) is 15.0 Å². The summed E-state index contributed by atoms with van der Waals surface area (Å²) in [5.41, 5.74) is 19.8. The normalized spacial score (nSPS) is 13.0. The lowest BCUT2D eigenvalue weighted by Crippen LogP contribution is -2.37. The van der Waals surface area contributed by atoms with Crippen LogP contribution in [0.15, 0.2) is 218 Å².